The molecule has 0 aliphatic heterocycles. The third-order valence-corrected chi connectivity index (χ3v) is 4.62. The van der Waals surface area contributed by atoms with Gasteiger partial charge < -0.3 is 4.74 Å². The Kier molecular flexibility index (Phi) is 5.47. The number of rotatable bonds is 5. The van der Waals surface area contributed by atoms with Crippen molar-refractivity contribution in [3.05, 3.63) is 35.1 Å². The SMILES string of the molecule is CCC(C)S(=O)Cc1ccc(C(=O)OC)c(F)c1. The number of halogens is 1. The lowest BCUT2D eigenvalue weighted by molar-refractivity contribution is 0.0595. The lowest BCUT2D eigenvalue weighted by atomic mass is 10.1. The molecular weight excluding hydrogens is 255 g/mol. The van der Waals surface area contributed by atoms with E-state index in [1.807, 2.05) is 13.8 Å². The van der Waals surface area contributed by atoms with Crippen LogP contribution in [0.3, 0.4) is 0 Å². The molecule has 0 N–H and O–H groups in total. The van der Waals surface area contributed by atoms with Gasteiger partial charge in [-0.2, -0.15) is 0 Å². The predicted molar refractivity (Wildman–Crippen MR) is 69.3 cm³/mol. The molecule has 0 fully saturated rings. The normalized spacial score (nSPS) is 14.0. The molecule has 0 aliphatic rings. The lowest BCUT2D eigenvalue weighted by Gasteiger charge is -2.09. The fraction of sp³-hybridized carbons (Fsp3) is 0.462. The van der Waals surface area contributed by atoms with Gasteiger partial charge in [0.1, 0.15) is 5.82 Å². The summed E-state index contributed by atoms with van der Waals surface area (Å²) in [5.74, 6) is -1.05. The van der Waals surface area contributed by atoms with Crippen LogP contribution in [-0.4, -0.2) is 22.5 Å². The Balaban J connectivity index is 2.85. The first kappa shape index (κ1) is 14.8. The standard InChI is InChI=1S/C13H17FO3S/c1-4-9(2)18(16)8-10-5-6-11(12(14)7-10)13(15)17-3/h5-7,9H,4,8H2,1-3H3. The molecule has 0 aromatic heterocycles. The smallest absolute Gasteiger partial charge is 0.340 e. The van der Waals surface area contributed by atoms with Crippen molar-refractivity contribution in [1.82, 2.24) is 0 Å². The van der Waals surface area contributed by atoms with Crippen molar-refractivity contribution >= 4 is 16.8 Å². The summed E-state index contributed by atoms with van der Waals surface area (Å²) in [7, 11) is 0.176. The zero-order valence-corrected chi connectivity index (χ0v) is 11.6. The molecule has 0 amide bonds. The first-order chi connectivity index (χ1) is 8.49. The van der Waals surface area contributed by atoms with Crippen LogP contribution in [0.2, 0.25) is 0 Å². The molecule has 0 saturated carbocycles. The number of hydrogen-bond acceptors (Lipinski definition) is 3. The highest BCUT2D eigenvalue weighted by Crippen LogP contribution is 2.15. The van der Waals surface area contributed by atoms with E-state index in [1.54, 1.807) is 6.07 Å². The van der Waals surface area contributed by atoms with Crippen molar-refractivity contribution in [3.8, 4) is 0 Å². The van der Waals surface area contributed by atoms with Crippen molar-refractivity contribution in [2.75, 3.05) is 7.11 Å². The summed E-state index contributed by atoms with van der Waals surface area (Å²) in [5.41, 5.74) is 0.523. The molecule has 5 heteroatoms. The molecule has 0 radical (unpaired) electrons. The van der Waals surface area contributed by atoms with Crippen molar-refractivity contribution < 1.29 is 18.1 Å². The monoisotopic (exact) mass is 272 g/mol. The van der Waals surface area contributed by atoms with E-state index >= 15 is 0 Å². The van der Waals surface area contributed by atoms with Crippen LogP contribution in [0.4, 0.5) is 4.39 Å². The van der Waals surface area contributed by atoms with Gasteiger partial charge >= 0.3 is 5.97 Å². The van der Waals surface area contributed by atoms with Gasteiger partial charge in [0.25, 0.3) is 0 Å². The van der Waals surface area contributed by atoms with Gasteiger partial charge in [-0.3, -0.25) is 4.21 Å². The minimum atomic E-state index is -1.03. The number of methoxy groups -OCH3 is 1. The lowest BCUT2D eigenvalue weighted by Crippen LogP contribution is -2.12. The number of esters is 1. The second kappa shape index (κ2) is 6.64. The van der Waals surface area contributed by atoms with Crippen LogP contribution in [0, 0.1) is 5.82 Å². The van der Waals surface area contributed by atoms with Gasteiger partial charge in [-0.15, -0.1) is 0 Å². The molecule has 18 heavy (non-hydrogen) atoms. The highest BCUT2D eigenvalue weighted by Gasteiger charge is 2.14. The fourth-order valence-electron chi connectivity index (χ4n) is 1.42. The van der Waals surface area contributed by atoms with Crippen molar-refractivity contribution in [3.63, 3.8) is 0 Å². The van der Waals surface area contributed by atoms with Gasteiger partial charge in [0.2, 0.25) is 0 Å². The predicted octanol–water partition coefficient (Wildman–Crippen LogP) is 2.66. The van der Waals surface area contributed by atoms with Gasteiger partial charge in [-0.25, -0.2) is 9.18 Å². The molecule has 0 aliphatic carbocycles. The van der Waals surface area contributed by atoms with Crippen LogP contribution in [0.1, 0.15) is 36.2 Å². The molecular formula is C13H17FO3S. The topological polar surface area (TPSA) is 43.4 Å². The first-order valence-electron chi connectivity index (χ1n) is 5.73. The largest absolute Gasteiger partial charge is 0.465 e. The molecule has 0 bridgehead atoms. The van der Waals surface area contributed by atoms with Crippen LogP contribution in [-0.2, 0) is 21.3 Å². The summed E-state index contributed by atoms with van der Waals surface area (Å²) in [6.07, 6.45) is 0.815. The van der Waals surface area contributed by atoms with Crippen LogP contribution < -0.4 is 0 Å². The van der Waals surface area contributed by atoms with E-state index in [0.717, 1.165) is 6.42 Å². The Morgan fingerprint density at radius 1 is 1.50 bits per heavy atom. The van der Waals surface area contributed by atoms with Crippen LogP contribution >= 0.6 is 0 Å². The fourth-order valence-corrected chi connectivity index (χ4v) is 2.58. The van der Waals surface area contributed by atoms with Gasteiger partial charge in [0.05, 0.1) is 12.7 Å². The molecule has 3 nitrogen and oxygen atoms in total. The van der Waals surface area contributed by atoms with Gasteiger partial charge in [-0.1, -0.05) is 19.9 Å². The summed E-state index contributed by atoms with van der Waals surface area (Å²) < 4.78 is 29.9. The van der Waals surface area contributed by atoms with Crippen LogP contribution in [0.15, 0.2) is 18.2 Å². The number of hydrogen-bond donors (Lipinski definition) is 0. The maximum absolute atomic E-state index is 13.6. The Labute approximate surface area is 109 Å². The van der Waals surface area contributed by atoms with Crippen molar-refractivity contribution in [2.24, 2.45) is 0 Å². The van der Waals surface area contributed by atoms with E-state index in [4.69, 9.17) is 0 Å². The van der Waals surface area contributed by atoms with Crippen LogP contribution in [0.5, 0.6) is 0 Å². The molecule has 0 heterocycles. The average Bonchev–Trinajstić information content (AvgIpc) is 2.37. The average molecular weight is 272 g/mol. The Morgan fingerprint density at radius 3 is 2.67 bits per heavy atom. The molecule has 1 aromatic rings. The van der Waals surface area contributed by atoms with E-state index in [1.165, 1.54) is 19.2 Å². The van der Waals surface area contributed by atoms with Crippen molar-refractivity contribution in [1.29, 1.82) is 0 Å². The quantitative estimate of drug-likeness (QED) is 0.774. The van der Waals surface area contributed by atoms with Gasteiger partial charge in [-0.05, 0) is 24.1 Å². The van der Waals surface area contributed by atoms with E-state index in [9.17, 15) is 13.4 Å². The zero-order chi connectivity index (χ0) is 13.7. The highest BCUT2D eigenvalue weighted by atomic mass is 32.2. The van der Waals surface area contributed by atoms with Gasteiger partial charge in [0.15, 0.2) is 0 Å². The molecule has 0 spiro atoms. The second-order valence-corrected chi connectivity index (χ2v) is 5.90. The highest BCUT2D eigenvalue weighted by molar-refractivity contribution is 7.84. The number of carbonyl (C=O) groups is 1. The minimum Gasteiger partial charge on any atom is -0.465 e. The number of benzene rings is 1. The van der Waals surface area contributed by atoms with Gasteiger partial charge in [0, 0.05) is 21.8 Å². The Morgan fingerprint density at radius 2 is 2.17 bits per heavy atom. The van der Waals surface area contributed by atoms with E-state index in [0.29, 0.717) is 11.3 Å². The Hall–Kier alpha value is -1.23. The minimum absolute atomic E-state index is 0.0772. The number of ether oxygens (including phenoxy) is 1. The van der Waals surface area contributed by atoms with E-state index in [-0.39, 0.29) is 10.8 Å². The maximum atomic E-state index is 13.6. The molecule has 0 saturated heterocycles. The summed E-state index contributed by atoms with van der Waals surface area (Å²) in [6, 6.07) is 4.21. The van der Waals surface area contributed by atoms with E-state index in [2.05, 4.69) is 4.74 Å². The van der Waals surface area contributed by atoms with Crippen LogP contribution in [0.25, 0.3) is 0 Å². The molecule has 2 unspecified atom stereocenters. The third-order valence-electron chi connectivity index (χ3n) is 2.77. The zero-order valence-electron chi connectivity index (χ0n) is 10.7. The molecule has 2 atom stereocenters. The summed E-state index contributed by atoms with van der Waals surface area (Å²) >= 11 is 0. The molecule has 100 valence electrons. The Bertz CT molecular complexity index is 460. The summed E-state index contributed by atoms with van der Waals surface area (Å²) in [6.45, 7) is 3.86. The first-order valence-corrected chi connectivity index (χ1v) is 7.11. The summed E-state index contributed by atoms with van der Waals surface area (Å²) in [4.78, 5) is 11.2. The van der Waals surface area contributed by atoms with E-state index < -0.39 is 22.6 Å². The third kappa shape index (κ3) is 3.63. The maximum Gasteiger partial charge on any atom is 0.340 e. The number of carbonyl (C=O) groups excluding carboxylic acids is 1. The molecule has 1 rings (SSSR count). The second-order valence-electron chi connectivity index (χ2n) is 4.05. The van der Waals surface area contributed by atoms with Crippen molar-refractivity contribution in [2.45, 2.75) is 31.3 Å². The summed E-state index contributed by atoms with van der Waals surface area (Å²) in [5, 5.41) is 0.0772. The molecule has 1 aromatic carbocycles.